The third kappa shape index (κ3) is 2.09. The molecule has 0 aliphatic rings. The van der Waals surface area contributed by atoms with Gasteiger partial charge < -0.3 is 9.97 Å². The van der Waals surface area contributed by atoms with E-state index in [-0.39, 0.29) is 5.56 Å². The fourth-order valence-electron chi connectivity index (χ4n) is 1.64. The van der Waals surface area contributed by atoms with Crippen LogP contribution in [-0.2, 0) is 0 Å². The second kappa shape index (κ2) is 4.62. The zero-order valence-corrected chi connectivity index (χ0v) is 11.5. The van der Waals surface area contributed by atoms with Crippen molar-refractivity contribution in [2.45, 2.75) is 10.1 Å². The first-order valence-corrected chi connectivity index (χ1v) is 6.84. The molecule has 2 heterocycles. The van der Waals surface area contributed by atoms with Gasteiger partial charge in [-0.1, -0.05) is 30.0 Å². The number of nitrogens with one attached hydrogen (secondary N) is 2. The summed E-state index contributed by atoms with van der Waals surface area (Å²) < 4.78 is 0.452. The van der Waals surface area contributed by atoms with Gasteiger partial charge in [0, 0.05) is 10.9 Å². The van der Waals surface area contributed by atoms with Crippen molar-refractivity contribution < 1.29 is 0 Å². The lowest BCUT2D eigenvalue weighted by Crippen LogP contribution is -2.07. The maximum atomic E-state index is 11.4. The quantitative estimate of drug-likeness (QED) is 0.713. The van der Waals surface area contributed by atoms with E-state index in [1.165, 1.54) is 18.1 Å². The third-order valence-electron chi connectivity index (χ3n) is 2.48. The van der Waals surface area contributed by atoms with Gasteiger partial charge in [-0.3, -0.25) is 4.79 Å². The average molecular weight is 322 g/mol. The van der Waals surface area contributed by atoms with Gasteiger partial charge in [0.15, 0.2) is 0 Å². The van der Waals surface area contributed by atoms with E-state index >= 15 is 0 Å². The topological polar surface area (TPSA) is 61.5 Å². The summed E-state index contributed by atoms with van der Waals surface area (Å²) in [7, 11) is 0. The predicted molar refractivity (Wildman–Crippen MR) is 75.0 cm³/mol. The van der Waals surface area contributed by atoms with Crippen LogP contribution in [0.3, 0.4) is 0 Å². The molecule has 4 nitrogen and oxygen atoms in total. The molecule has 18 heavy (non-hydrogen) atoms. The lowest BCUT2D eigenvalue weighted by Gasteiger charge is -1.99. The number of benzene rings is 1. The van der Waals surface area contributed by atoms with Crippen LogP contribution in [0, 0.1) is 0 Å². The molecule has 0 radical (unpaired) electrons. The van der Waals surface area contributed by atoms with E-state index in [0.29, 0.717) is 9.50 Å². The lowest BCUT2D eigenvalue weighted by atomic mass is 10.3. The Bertz CT molecular complexity index is 732. The molecule has 6 heteroatoms. The first-order chi connectivity index (χ1) is 8.74. The van der Waals surface area contributed by atoms with Gasteiger partial charge >= 0.3 is 0 Å². The molecule has 0 amide bonds. The van der Waals surface area contributed by atoms with Crippen LogP contribution < -0.4 is 5.56 Å². The van der Waals surface area contributed by atoms with Crippen molar-refractivity contribution >= 4 is 38.6 Å². The van der Waals surface area contributed by atoms with E-state index in [2.05, 4.69) is 30.9 Å². The summed E-state index contributed by atoms with van der Waals surface area (Å²) in [6, 6.07) is 10.1. The van der Waals surface area contributed by atoms with Crippen LogP contribution >= 0.6 is 27.7 Å². The van der Waals surface area contributed by atoms with E-state index in [4.69, 9.17) is 0 Å². The van der Waals surface area contributed by atoms with Crippen molar-refractivity contribution in [2.24, 2.45) is 0 Å². The molecule has 0 bridgehead atoms. The molecule has 3 aromatic rings. The Morgan fingerprint density at radius 1 is 1.28 bits per heavy atom. The van der Waals surface area contributed by atoms with Crippen LogP contribution in [0.4, 0.5) is 0 Å². The Labute approximate surface area is 115 Å². The van der Waals surface area contributed by atoms with Crippen molar-refractivity contribution in [3.05, 3.63) is 51.5 Å². The molecule has 2 aromatic heterocycles. The molecular formula is C12H8BrN3OS. The Morgan fingerprint density at radius 3 is 2.94 bits per heavy atom. The number of aromatic nitrogens is 3. The number of aromatic amines is 2. The summed E-state index contributed by atoms with van der Waals surface area (Å²) in [6.07, 6.45) is 1.40. The second-order valence-electron chi connectivity index (χ2n) is 3.67. The normalized spacial score (nSPS) is 10.9. The Hall–Kier alpha value is -1.53. The van der Waals surface area contributed by atoms with Crippen LogP contribution in [0.15, 0.2) is 56.0 Å². The Kier molecular flexibility index (Phi) is 2.97. The highest BCUT2D eigenvalue weighted by Crippen LogP contribution is 2.31. The lowest BCUT2D eigenvalue weighted by molar-refractivity contribution is 0.987. The zero-order valence-electron chi connectivity index (χ0n) is 9.11. The zero-order chi connectivity index (χ0) is 12.5. The van der Waals surface area contributed by atoms with Gasteiger partial charge in [-0.2, -0.15) is 0 Å². The minimum Gasteiger partial charge on any atom is -0.349 e. The highest BCUT2D eigenvalue weighted by atomic mass is 79.9. The van der Waals surface area contributed by atoms with Crippen LogP contribution in [0.2, 0.25) is 0 Å². The van der Waals surface area contributed by atoms with Gasteiger partial charge in [-0.15, -0.1) is 0 Å². The smallest absolute Gasteiger partial charge is 0.266 e. The molecular weight excluding hydrogens is 314 g/mol. The molecule has 0 aliphatic heterocycles. The Balaban J connectivity index is 2.01. The molecule has 0 unspecified atom stereocenters. The summed E-state index contributed by atoms with van der Waals surface area (Å²) in [5.41, 5.74) is 0.893. The van der Waals surface area contributed by atoms with Gasteiger partial charge in [0.25, 0.3) is 5.56 Å². The van der Waals surface area contributed by atoms with E-state index in [1.54, 1.807) is 0 Å². The molecule has 0 aliphatic carbocycles. The van der Waals surface area contributed by atoms with Gasteiger partial charge in [0.1, 0.15) is 9.50 Å². The van der Waals surface area contributed by atoms with Crippen molar-refractivity contribution in [1.82, 2.24) is 15.0 Å². The molecule has 0 atom stereocenters. The van der Waals surface area contributed by atoms with E-state index in [0.717, 1.165) is 15.9 Å². The van der Waals surface area contributed by atoms with Gasteiger partial charge in [-0.25, -0.2) is 4.98 Å². The van der Waals surface area contributed by atoms with Crippen LogP contribution in [-0.4, -0.2) is 15.0 Å². The SMILES string of the molecule is O=c1[nH]cnc(Sc2cc3ccccc3[nH]2)c1Br. The molecule has 3 rings (SSSR count). The number of nitrogens with zero attached hydrogens (tertiary/aromatic N) is 1. The number of para-hydroxylation sites is 1. The van der Waals surface area contributed by atoms with Crippen molar-refractivity contribution in [2.75, 3.05) is 0 Å². The van der Waals surface area contributed by atoms with E-state index < -0.39 is 0 Å². The molecule has 0 fully saturated rings. The first-order valence-electron chi connectivity index (χ1n) is 5.23. The summed E-state index contributed by atoms with van der Waals surface area (Å²) in [5.74, 6) is 0. The number of hydrogen-bond donors (Lipinski definition) is 2. The van der Waals surface area contributed by atoms with Crippen LogP contribution in [0.5, 0.6) is 0 Å². The fourth-order valence-corrected chi connectivity index (χ4v) is 2.95. The minimum absolute atomic E-state index is 0.177. The van der Waals surface area contributed by atoms with Crippen molar-refractivity contribution in [3.63, 3.8) is 0 Å². The number of rotatable bonds is 2. The predicted octanol–water partition coefficient (Wildman–Crippen LogP) is 3.16. The van der Waals surface area contributed by atoms with Gasteiger partial charge in [0.2, 0.25) is 0 Å². The number of hydrogen-bond acceptors (Lipinski definition) is 3. The minimum atomic E-state index is -0.177. The second-order valence-corrected chi connectivity index (χ2v) is 5.50. The average Bonchev–Trinajstić information content (AvgIpc) is 2.77. The molecule has 0 spiro atoms. The summed E-state index contributed by atoms with van der Waals surface area (Å²) in [4.78, 5) is 21.4. The first kappa shape index (κ1) is 11.6. The molecule has 2 N–H and O–H groups in total. The Morgan fingerprint density at radius 2 is 2.11 bits per heavy atom. The molecule has 0 saturated carbocycles. The maximum absolute atomic E-state index is 11.4. The standard InChI is InChI=1S/C12H8BrN3OS/c13-10-11(17)14-6-15-12(10)18-9-5-7-3-1-2-4-8(7)16-9/h1-6,16H,(H,14,15,17). The number of H-pyrrole nitrogens is 2. The highest BCUT2D eigenvalue weighted by molar-refractivity contribution is 9.10. The third-order valence-corrected chi connectivity index (χ3v) is 4.42. The van der Waals surface area contributed by atoms with Gasteiger partial charge in [0.05, 0.1) is 11.4 Å². The largest absolute Gasteiger partial charge is 0.349 e. The van der Waals surface area contributed by atoms with Crippen molar-refractivity contribution in [1.29, 1.82) is 0 Å². The molecule has 1 aromatic carbocycles. The summed E-state index contributed by atoms with van der Waals surface area (Å²) in [6.45, 7) is 0. The fraction of sp³-hybridized carbons (Fsp3) is 0. The van der Waals surface area contributed by atoms with Crippen LogP contribution in [0.1, 0.15) is 0 Å². The summed E-state index contributed by atoms with van der Waals surface area (Å²) >= 11 is 4.66. The monoisotopic (exact) mass is 321 g/mol. The molecule has 0 saturated heterocycles. The van der Waals surface area contributed by atoms with E-state index in [1.807, 2.05) is 30.3 Å². The number of fused-ring (bicyclic) bond motifs is 1. The van der Waals surface area contributed by atoms with Crippen LogP contribution in [0.25, 0.3) is 10.9 Å². The van der Waals surface area contributed by atoms with Crippen molar-refractivity contribution in [3.8, 4) is 0 Å². The van der Waals surface area contributed by atoms with E-state index in [9.17, 15) is 4.79 Å². The molecule has 90 valence electrons. The number of halogens is 1. The highest BCUT2D eigenvalue weighted by Gasteiger charge is 2.09. The van der Waals surface area contributed by atoms with Gasteiger partial charge in [-0.05, 0) is 28.1 Å². The maximum Gasteiger partial charge on any atom is 0.266 e. The summed E-state index contributed by atoms with van der Waals surface area (Å²) in [5, 5.41) is 2.74.